The number of carbonyl (C=O) groups excluding carboxylic acids is 1. The fraction of sp³-hybridized carbons (Fsp3) is 0.120. The molecule has 0 radical (unpaired) electrons. The molecule has 0 unspecified atom stereocenters. The van der Waals surface area contributed by atoms with Gasteiger partial charge in [-0.25, -0.2) is 4.79 Å². The summed E-state index contributed by atoms with van der Waals surface area (Å²) in [6, 6.07) is 16.4. The van der Waals surface area contributed by atoms with Crippen LogP contribution in [0.2, 0.25) is 10.0 Å². The molecule has 0 aliphatic carbocycles. The monoisotopic (exact) mass is 484 g/mol. The standard InChI is InChI=1S/C25H18Cl2O6/c1-2-30-25(29)15-6-8-16(9-7-15)33-23-14-32-22-12-17(10-11-18(22)24(23)28)31-13-19-20(26)4-3-5-21(19)27/h3-12,14H,2,13H2,1H3. The third-order valence-corrected chi connectivity index (χ3v) is 5.46. The molecule has 3 aromatic carbocycles. The zero-order chi connectivity index (χ0) is 23.4. The molecule has 0 saturated carbocycles. The first-order valence-corrected chi connectivity index (χ1v) is 10.8. The summed E-state index contributed by atoms with van der Waals surface area (Å²) in [6.45, 7) is 2.19. The number of ether oxygens (including phenoxy) is 3. The number of benzene rings is 3. The van der Waals surface area contributed by atoms with Crippen molar-refractivity contribution in [3.8, 4) is 17.2 Å². The maximum atomic E-state index is 12.8. The summed E-state index contributed by atoms with van der Waals surface area (Å²) in [5.74, 6) is 0.461. The Morgan fingerprint density at radius 1 is 0.970 bits per heavy atom. The molecule has 0 fully saturated rings. The average molecular weight is 485 g/mol. The Balaban J connectivity index is 1.51. The maximum absolute atomic E-state index is 12.8. The van der Waals surface area contributed by atoms with E-state index in [1.807, 2.05) is 0 Å². The lowest BCUT2D eigenvalue weighted by Crippen LogP contribution is -2.06. The molecule has 0 spiro atoms. The molecule has 0 aliphatic heterocycles. The van der Waals surface area contributed by atoms with Crippen molar-refractivity contribution in [3.05, 3.63) is 98.3 Å². The number of hydrogen-bond acceptors (Lipinski definition) is 6. The number of hydrogen-bond donors (Lipinski definition) is 0. The number of fused-ring (bicyclic) bond motifs is 1. The van der Waals surface area contributed by atoms with Crippen molar-refractivity contribution >= 4 is 40.1 Å². The second-order valence-corrected chi connectivity index (χ2v) is 7.74. The Kier molecular flexibility index (Phi) is 6.87. The van der Waals surface area contributed by atoms with Gasteiger partial charge in [-0.1, -0.05) is 29.3 Å². The Labute approximate surface area is 199 Å². The van der Waals surface area contributed by atoms with Gasteiger partial charge >= 0.3 is 5.97 Å². The maximum Gasteiger partial charge on any atom is 0.338 e. The predicted molar refractivity (Wildman–Crippen MR) is 126 cm³/mol. The Bertz CT molecular complexity index is 1340. The third-order valence-electron chi connectivity index (χ3n) is 4.75. The largest absolute Gasteiger partial charge is 0.489 e. The second kappa shape index (κ2) is 9.98. The van der Waals surface area contributed by atoms with E-state index < -0.39 is 5.97 Å². The molecule has 4 aromatic rings. The van der Waals surface area contributed by atoms with E-state index in [2.05, 4.69) is 0 Å². The van der Waals surface area contributed by atoms with Crippen LogP contribution in [0.1, 0.15) is 22.8 Å². The molecule has 168 valence electrons. The van der Waals surface area contributed by atoms with Crippen LogP contribution in [0.5, 0.6) is 17.2 Å². The van der Waals surface area contributed by atoms with Crippen LogP contribution >= 0.6 is 23.2 Å². The second-order valence-electron chi connectivity index (χ2n) is 6.92. The molecule has 33 heavy (non-hydrogen) atoms. The molecule has 0 atom stereocenters. The third kappa shape index (κ3) is 5.13. The highest BCUT2D eigenvalue weighted by Gasteiger charge is 2.12. The minimum Gasteiger partial charge on any atom is -0.489 e. The van der Waals surface area contributed by atoms with E-state index in [1.165, 1.54) is 6.26 Å². The highest BCUT2D eigenvalue weighted by molar-refractivity contribution is 6.35. The first-order chi connectivity index (χ1) is 16.0. The van der Waals surface area contributed by atoms with Crippen molar-refractivity contribution in [3.63, 3.8) is 0 Å². The van der Waals surface area contributed by atoms with Gasteiger partial charge in [-0.3, -0.25) is 4.79 Å². The molecule has 6 nitrogen and oxygen atoms in total. The van der Waals surface area contributed by atoms with E-state index in [9.17, 15) is 9.59 Å². The molecule has 0 saturated heterocycles. The van der Waals surface area contributed by atoms with Crippen LogP contribution in [0.4, 0.5) is 0 Å². The molecule has 1 aromatic heterocycles. The van der Waals surface area contributed by atoms with E-state index >= 15 is 0 Å². The fourth-order valence-electron chi connectivity index (χ4n) is 3.08. The van der Waals surface area contributed by atoms with Gasteiger partial charge in [0.1, 0.15) is 30.0 Å². The van der Waals surface area contributed by atoms with Crippen molar-refractivity contribution in [1.82, 2.24) is 0 Å². The molecule has 4 rings (SSSR count). The van der Waals surface area contributed by atoms with Crippen molar-refractivity contribution in [2.45, 2.75) is 13.5 Å². The number of halogens is 2. The summed E-state index contributed by atoms with van der Waals surface area (Å²) in [6.07, 6.45) is 1.23. The zero-order valence-corrected chi connectivity index (χ0v) is 19.0. The van der Waals surface area contributed by atoms with Crippen LogP contribution in [-0.4, -0.2) is 12.6 Å². The fourth-order valence-corrected chi connectivity index (χ4v) is 3.58. The molecular formula is C25H18Cl2O6. The van der Waals surface area contributed by atoms with Gasteiger partial charge in [0.05, 0.1) is 17.6 Å². The van der Waals surface area contributed by atoms with Crippen LogP contribution in [-0.2, 0) is 11.3 Å². The van der Waals surface area contributed by atoms with Gasteiger partial charge in [0, 0.05) is 21.7 Å². The molecule has 0 aliphatic rings. The Morgan fingerprint density at radius 2 is 1.67 bits per heavy atom. The van der Waals surface area contributed by atoms with Gasteiger partial charge in [-0.05, 0) is 55.5 Å². The summed E-state index contributed by atoms with van der Waals surface area (Å²) in [7, 11) is 0. The van der Waals surface area contributed by atoms with Gasteiger partial charge in [0.15, 0.2) is 0 Å². The summed E-state index contributed by atoms with van der Waals surface area (Å²) in [5.41, 5.74) is 1.06. The molecule has 0 amide bonds. The van der Waals surface area contributed by atoms with E-state index in [-0.39, 0.29) is 24.4 Å². The molecule has 8 heteroatoms. The number of rotatable bonds is 7. The predicted octanol–water partition coefficient (Wildman–Crippen LogP) is 6.65. The normalized spacial score (nSPS) is 10.8. The van der Waals surface area contributed by atoms with Crippen molar-refractivity contribution in [2.75, 3.05) is 6.61 Å². The Morgan fingerprint density at radius 3 is 2.36 bits per heavy atom. The molecule has 0 N–H and O–H groups in total. The highest BCUT2D eigenvalue weighted by Crippen LogP contribution is 2.28. The summed E-state index contributed by atoms with van der Waals surface area (Å²) in [5, 5.41) is 1.34. The van der Waals surface area contributed by atoms with Gasteiger partial charge in [0.2, 0.25) is 11.2 Å². The van der Waals surface area contributed by atoms with E-state index in [0.717, 1.165) is 0 Å². The van der Waals surface area contributed by atoms with Gasteiger partial charge in [0.25, 0.3) is 0 Å². The van der Waals surface area contributed by atoms with E-state index in [1.54, 1.807) is 67.6 Å². The van der Waals surface area contributed by atoms with Gasteiger partial charge < -0.3 is 18.6 Å². The van der Waals surface area contributed by atoms with Crippen LogP contribution in [0.25, 0.3) is 11.0 Å². The minimum atomic E-state index is -0.427. The van der Waals surface area contributed by atoms with E-state index in [0.29, 0.717) is 43.6 Å². The lowest BCUT2D eigenvalue weighted by molar-refractivity contribution is 0.0526. The first kappa shape index (κ1) is 22.7. The SMILES string of the molecule is CCOC(=O)c1ccc(Oc2coc3cc(OCc4c(Cl)cccc4Cl)ccc3c2=O)cc1. The van der Waals surface area contributed by atoms with Gasteiger partial charge in [-0.2, -0.15) is 0 Å². The average Bonchev–Trinajstić information content (AvgIpc) is 2.81. The number of esters is 1. The van der Waals surface area contributed by atoms with Crippen molar-refractivity contribution in [1.29, 1.82) is 0 Å². The summed E-state index contributed by atoms with van der Waals surface area (Å²) < 4.78 is 22.0. The quantitative estimate of drug-likeness (QED) is 0.273. The summed E-state index contributed by atoms with van der Waals surface area (Å²) in [4.78, 5) is 24.6. The highest BCUT2D eigenvalue weighted by atomic mass is 35.5. The van der Waals surface area contributed by atoms with Crippen LogP contribution in [0, 0.1) is 0 Å². The lowest BCUT2D eigenvalue weighted by Gasteiger charge is -2.10. The first-order valence-electron chi connectivity index (χ1n) is 10.0. The van der Waals surface area contributed by atoms with E-state index in [4.69, 9.17) is 41.8 Å². The Hall–Kier alpha value is -3.48. The zero-order valence-electron chi connectivity index (χ0n) is 17.5. The van der Waals surface area contributed by atoms with Gasteiger partial charge in [-0.15, -0.1) is 0 Å². The minimum absolute atomic E-state index is 0.0166. The van der Waals surface area contributed by atoms with Crippen molar-refractivity contribution < 1.29 is 23.4 Å². The molecule has 0 bridgehead atoms. The van der Waals surface area contributed by atoms with Crippen LogP contribution < -0.4 is 14.9 Å². The molecular weight excluding hydrogens is 467 g/mol. The van der Waals surface area contributed by atoms with Crippen molar-refractivity contribution in [2.24, 2.45) is 0 Å². The molecule has 1 heterocycles. The smallest absolute Gasteiger partial charge is 0.338 e. The lowest BCUT2D eigenvalue weighted by atomic mass is 10.2. The van der Waals surface area contributed by atoms with Crippen LogP contribution in [0.15, 0.2) is 76.1 Å². The number of carbonyl (C=O) groups is 1. The van der Waals surface area contributed by atoms with Crippen LogP contribution in [0.3, 0.4) is 0 Å². The topological polar surface area (TPSA) is 75.0 Å². The summed E-state index contributed by atoms with van der Waals surface area (Å²) >= 11 is 12.3.